The van der Waals surface area contributed by atoms with Gasteiger partial charge >= 0.3 is 0 Å². The number of rotatable bonds is 5. The Hall–Kier alpha value is -1.09. The Labute approximate surface area is 135 Å². The van der Waals surface area contributed by atoms with Gasteiger partial charge in [0.15, 0.2) is 0 Å². The molecule has 1 nitrogen and oxygen atoms in total. The maximum Gasteiger partial charge on any atom is 0.141 e. The van der Waals surface area contributed by atoms with Crippen molar-refractivity contribution in [2.24, 2.45) is 0 Å². The molecular formula is C17H18Cl2FN. The van der Waals surface area contributed by atoms with E-state index in [0.717, 1.165) is 28.3 Å². The highest BCUT2D eigenvalue weighted by Gasteiger charge is 2.15. The van der Waals surface area contributed by atoms with E-state index in [0.29, 0.717) is 6.42 Å². The third-order valence-electron chi connectivity index (χ3n) is 3.41. The highest BCUT2D eigenvalue weighted by atomic mass is 35.5. The summed E-state index contributed by atoms with van der Waals surface area (Å²) >= 11 is 12.2. The fourth-order valence-corrected chi connectivity index (χ4v) is 2.93. The first kappa shape index (κ1) is 16.3. The summed E-state index contributed by atoms with van der Waals surface area (Å²) in [6.07, 6.45) is 0.705. The number of aryl methyl sites for hydroxylation is 1. The third kappa shape index (κ3) is 4.19. The highest BCUT2D eigenvalue weighted by molar-refractivity contribution is 6.31. The average Bonchev–Trinajstić information content (AvgIpc) is 2.42. The maximum absolute atomic E-state index is 13.2. The van der Waals surface area contributed by atoms with E-state index in [9.17, 15) is 4.39 Å². The van der Waals surface area contributed by atoms with Crippen molar-refractivity contribution in [3.8, 4) is 0 Å². The summed E-state index contributed by atoms with van der Waals surface area (Å²) in [7, 11) is 0. The molecule has 0 aliphatic heterocycles. The van der Waals surface area contributed by atoms with Crippen LogP contribution in [0.3, 0.4) is 0 Å². The zero-order valence-corrected chi connectivity index (χ0v) is 13.6. The van der Waals surface area contributed by atoms with Crippen LogP contribution in [0.15, 0.2) is 36.4 Å². The van der Waals surface area contributed by atoms with Gasteiger partial charge in [0.1, 0.15) is 5.82 Å². The standard InChI is InChI=1S/C17H18Cl2FN/c1-3-21-17(13-6-4-11(2)8-14(13)18)10-12-5-7-16(20)15(19)9-12/h4-9,17,21H,3,10H2,1-2H3. The van der Waals surface area contributed by atoms with Crippen molar-refractivity contribution in [2.45, 2.75) is 26.3 Å². The van der Waals surface area contributed by atoms with Gasteiger partial charge in [-0.1, -0.05) is 48.3 Å². The van der Waals surface area contributed by atoms with E-state index in [1.54, 1.807) is 12.1 Å². The van der Waals surface area contributed by atoms with Gasteiger partial charge in [0, 0.05) is 11.1 Å². The molecule has 1 N–H and O–H groups in total. The van der Waals surface area contributed by atoms with Gasteiger partial charge in [0.25, 0.3) is 0 Å². The van der Waals surface area contributed by atoms with Gasteiger partial charge in [0.2, 0.25) is 0 Å². The molecule has 0 aromatic heterocycles. The monoisotopic (exact) mass is 325 g/mol. The van der Waals surface area contributed by atoms with E-state index < -0.39 is 5.82 Å². The first-order valence-corrected chi connectivity index (χ1v) is 7.70. The molecule has 0 fully saturated rings. The molecule has 112 valence electrons. The summed E-state index contributed by atoms with van der Waals surface area (Å²) in [5, 5.41) is 4.32. The Morgan fingerprint density at radius 1 is 1.10 bits per heavy atom. The molecule has 2 aromatic rings. The zero-order valence-electron chi connectivity index (χ0n) is 12.1. The highest BCUT2D eigenvalue weighted by Crippen LogP contribution is 2.28. The number of hydrogen-bond acceptors (Lipinski definition) is 1. The first-order chi connectivity index (χ1) is 10.0. The minimum absolute atomic E-state index is 0.0737. The smallest absolute Gasteiger partial charge is 0.141 e. The molecule has 0 saturated heterocycles. The summed E-state index contributed by atoms with van der Waals surface area (Å²) in [5.74, 6) is -0.395. The van der Waals surface area contributed by atoms with Crippen molar-refractivity contribution in [1.29, 1.82) is 0 Å². The van der Waals surface area contributed by atoms with Crippen LogP contribution < -0.4 is 5.32 Å². The van der Waals surface area contributed by atoms with Crippen LogP contribution in [-0.4, -0.2) is 6.54 Å². The van der Waals surface area contributed by atoms with Gasteiger partial charge in [-0.25, -0.2) is 4.39 Å². The van der Waals surface area contributed by atoms with Gasteiger partial charge in [-0.2, -0.15) is 0 Å². The van der Waals surface area contributed by atoms with E-state index in [2.05, 4.69) is 5.32 Å². The molecule has 0 aliphatic rings. The van der Waals surface area contributed by atoms with Crippen LogP contribution in [0.2, 0.25) is 10.0 Å². The van der Waals surface area contributed by atoms with Gasteiger partial charge in [-0.3, -0.25) is 0 Å². The lowest BCUT2D eigenvalue weighted by molar-refractivity contribution is 0.549. The van der Waals surface area contributed by atoms with E-state index in [-0.39, 0.29) is 11.1 Å². The van der Waals surface area contributed by atoms with Crippen LogP contribution in [0.4, 0.5) is 4.39 Å². The predicted octanol–water partition coefficient (Wildman–Crippen LogP) is 5.33. The Bertz CT molecular complexity index is 628. The normalized spacial score (nSPS) is 12.4. The van der Waals surface area contributed by atoms with E-state index in [1.165, 1.54) is 6.07 Å². The molecule has 1 unspecified atom stereocenters. The molecule has 1 atom stereocenters. The van der Waals surface area contributed by atoms with Crippen LogP contribution in [0, 0.1) is 12.7 Å². The van der Waals surface area contributed by atoms with E-state index in [4.69, 9.17) is 23.2 Å². The summed E-state index contributed by atoms with van der Waals surface area (Å²) in [5.41, 5.74) is 3.15. The van der Waals surface area contributed by atoms with Crippen LogP contribution in [0.1, 0.15) is 29.7 Å². The SMILES string of the molecule is CCNC(Cc1ccc(F)c(Cl)c1)c1ccc(C)cc1Cl. The summed E-state index contributed by atoms with van der Waals surface area (Å²) < 4.78 is 13.2. The number of benzene rings is 2. The molecule has 2 aromatic carbocycles. The van der Waals surface area contributed by atoms with Gasteiger partial charge in [-0.15, -0.1) is 0 Å². The van der Waals surface area contributed by atoms with E-state index in [1.807, 2.05) is 32.0 Å². The van der Waals surface area contributed by atoms with Crippen molar-refractivity contribution in [1.82, 2.24) is 5.32 Å². The minimum atomic E-state index is -0.395. The molecule has 0 radical (unpaired) electrons. The second-order valence-electron chi connectivity index (χ2n) is 5.09. The third-order valence-corrected chi connectivity index (χ3v) is 4.02. The molecule has 0 heterocycles. The summed E-state index contributed by atoms with van der Waals surface area (Å²) in [4.78, 5) is 0. The molecule has 0 amide bonds. The Kier molecular flexibility index (Phi) is 5.63. The number of halogens is 3. The Balaban J connectivity index is 2.28. The average molecular weight is 326 g/mol. The van der Waals surface area contributed by atoms with Crippen molar-refractivity contribution >= 4 is 23.2 Å². The fraction of sp³-hybridized carbons (Fsp3) is 0.294. The van der Waals surface area contributed by atoms with Crippen molar-refractivity contribution < 1.29 is 4.39 Å². The summed E-state index contributed by atoms with van der Waals surface area (Å²) in [6.45, 7) is 4.88. The van der Waals surface area contributed by atoms with Gasteiger partial charge in [0.05, 0.1) is 5.02 Å². The lowest BCUT2D eigenvalue weighted by Gasteiger charge is -2.20. The van der Waals surface area contributed by atoms with Crippen LogP contribution >= 0.6 is 23.2 Å². The predicted molar refractivity (Wildman–Crippen MR) is 87.7 cm³/mol. The van der Waals surface area contributed by atoms with Crippen molar-refractivity contribution in [2.75, 3.05) is 6.54 Å². The molecule has 0 spiro atoms. The molecule has 2 rings (SSSR count). The Morgan fingerprint density at radius 3 is 2.48 bits per heavy atom. The lowest BCUT2D eigenvalue weighted by Crippen LogP contribution is -2.23. The zero-order chi connectivity index (χ0) is 15.4. The maximum atomic E-state index is 13.2. The quantitative estimate of drug-likeness (QED) is 0.782. The largest absolute Gasteiger partial charge is 0.310 e. The van der Waals surface area contributed by atoms with Crippen LogP contribution in [0.5, 0.6) is 0 Å². The lowest BCUT2D eigenvalue weighted by atomic mass is 9.98. The number of hydrogen-bond donors (Lipinski definition) is 1. The number of nitrogens with one attached hydrogen (secondary N) is 1. The topological polar surface area (TPSA) is 12.0 Å². The van der Waals surface area contributed by atoms with Crippen molar-refractivity contribution in [3.63, 3.8) is 0 Å². The minimum Gasteiger partial charge on any atom is -0.310 e. The first-order valence-electron chi connectivity index (χ1n) is 6.94. The van der Waals surface area contributed by atoms with E-state index >= 15 is 0 Å². The molecule has 0 aliphatic carbocycles. The summed E-state index contributed by atoms with van der Waals surface area (Å²) in [6, 6.07) is 10.9. The van der Waals surface area contributed by atoms with Crippen LogP contribution in [0.25, 0.3) is 0 Å². The van der Waals surface area contributed by atoms with Crippen LogP contribution in [-0.2, 0) is 6.42 Å². The van der Waals surface area contributed by atoms with Gasteiger partial charge in [-0.05, 0) is 54.8 Å². The fourth-order valence-electron chi connectivity index (χ4n) is 2.36. The molecule has 4 heteroatoms. The van der Waals surface area contributed by atoms with Crippen molar-refractivity contribution in [3.05, 3.63) is 69.0 Å². The molecule has 0 bridgehead atoms. The number of likely N-dealkylation sites (N-methyl/N-ethyl adjacent to an activating group) is 1. The Morgan fingerprint density at radius 2 is 1.86 bits per heavy atom. The molecule has 21 heavy (non-hydrogen) atoms. The molecule has 0 saturated carbocycles. The second kappa shape index (κ2) is 7.26. The molecular weight excluding hydrogens is 308 g/mol. The van der Waals surface area contributed by atoms with Gasteiger partial charge < -0.3 is 5.32 Å². The second-order valence-corrected chi connectivity index (χ2v) is 5.90.